The standard InChI is InChI=1S/C14H15N5O2/c15-5-6-21-13-3-1-11(2-4-13)7-17-12-8-18-19(9-12)10-14(16)20/h1-4,8-9,17H,6-7,10H2,(H2,16,20). The summed E-state index contributed by atoms with van der Waals surface area (Å²) >= 11 is 0. The fourth-order valence-corrected chi connectivity index (χ4v) is 1.72. The zero-order valence-electron chi connectivity index (χ0n) is 11.3. The summed E-state index contributed by atoms with van der Waals surface area (Å²) in [5.74, 6) is 0.229. The molecule has 0 saturated carbocycles. The fourth-order valence-electron chi connectivity index (χ4n) is 1.72. The molecule has 1 heterocycles. The van der Waals surface area contributed by atoms with Crippen molar-refractivity contribution in [2.45, 2.75) is 13.1 Å². The van der Waals surface area contributed by atoms with E-state index in [1.54, 1.807) is 12.4 Å². The average molecular weight is 285 g/mol. The van der Waals surface area contributed by atoms with E-state index in [9.17, 15) is 4.79 Å². The Labute approximate surface area is 121 Å². The molecule has 108 valence electrons. The molecule has 0 radical (unpaired) electrons. The first-order chi connectivity index (χ1) is 10.2. The Hall–Kier alpha value is -3.01. The lowest BCUT2D eigenvalue weighted by molar-refractivity contribution is -0.118. The van der Waals surface area contributed by atoms with Crippen LogP contribution in [0, 0.1) is 11.3 Å². The van der Waals surface area contributed by atoms with Crippen molar-refractivity contribution in [3.8, 4) is 11.8 Å². The van der Waals surface area contributed by atoms with Crippen molar-refractivity contribution in [3.05, 3.63) is 42.2 Å². The Balaban J connectivity index is 1.86. The van der Waals surface area contributed by atoms with Gasteiger partial charge in [0.2, 0.25) is 5.91 Å². The van der Waals surface area contributed by atoms with E-state index in [1.807, 2.05) is 30.3 Å². The summed E-state index contributed by atoms with van der Waals surface area (Å²) in [6.45, 7) is 0.712. The minimum atomic E-state index is -0.433. The van der Waals surface area contributed by atoms with E-state index in [0.29, 0.717) is 12.3 Å². The molecule has 0 atom stereocenters. The van der Waals surface area contributed by atoms with Gasteiger partial charge >= 0.3 is 0 Å². The van der Waals surface area contributed by atoms with Gasteiger partial charge in [0.25, 0.3) is 0 Å². The summed E-state index contributed by atoms with van der Waals surface area (Å²) in [5, 5.41) is 15.6. The van der Waals surface area contributed by atoms with E-state index in [1.165, 1.54) is 4.68 Å². The normalized spacial score (nSPS) is 9.86. The molecule has 0 aliphatic heterocycles. The Morgan fingerprint density at radius 3 is 2.86 bits per heavy atom. The molecule has 1 aromatic heterocycles. The number of amides is 1. The van der Waals surface area contributed by atoms with Gasteiger partial charge in [-0.1, -0.05) is 12.1 Å². The van der Waals surface area contributed by atoms with Crippen molar-refractivity contribution in [2.24, 2.45) is 5.73 Å². The van der Waals surface area contributed by atoms with E-state index in [0.717, 1.165) is 11.3 Å². The van der Waals surface area contributed by atoms with Gasteiger partial charge in [-0.25, -0.2) is 0 Å². The lowest BCUT2D eigenvalue weighted by atomic mass is 10.2. The first kappa shape index (κ1) is 14.4. The minimum absolute atomic E-state index is 0.0383. The molecule has 2 rings (SSSR count). The topological polar surface area (TPSA) is 106 Å². The summed E-state index contributed by atoms with van der Waals surface area (Å²) in [6.07, 6.45) is 3.35. The van der Waals surface area contributed by atoms with Gasteiger partial charge in [-0.05, 0) is 17.7 Å². The number of hydrogen-bond acceptors (Lipinski definition) is 5. The van der Waals surface area contributed by atoms with E-state index < -0.39 is 5.91 Å². The second kappa shape index (κ2) is 6.96. The van der Waals surface area contributed by atoms with Crippen LogP contribution in [0.2, 0.25) is 0 Å². The number of carbonyl (C=O) groups is 1. The number of nitrogens with zero attached hydrogens (tertiary/aromatic N) is 3. The molecule has 1 aromatic carbocycles. The predicted octanol–water partition coefficient (Wildman–Crippen LogP) is 0.883. The van der Waals surface area contributed by atoms with Crippen molar-refractivity contribution in [2.75, 3.05) is 11.9 Å². The third-order valence-electron chi connectivity index (χ3n) is 2.67. The summed E-state index contributed by atoms with van der Waals surface area (Å²) in [7, 11) is 0. The molecule has 0 saturated heterocycles. The van der Waals surface area contributed by atoms with Crippen LogP contribution in [0.15, 0.2) is 36.7 Å². The van der Waals surface area contributed by atoms with Gasteiger partial charge in [0.15, 0.2) is 6.61 Å². The molecule has 1 amide bonds. The van der Waals surface area contributed by atoms with Crippen LogP contribution in [0.25, 0.3) is 0 Å². The summed E-state index contributed by atoms with van der Waals surface area (Å²) in [4.78, 5) is 10.8. The van der Waals surface area contributed by atoms with Crippen molar-refractivity contribution in [1.82, 2.24) is 9.78 Å². The maximum absolute atomic E-state index is 10.8. The number of nitrogens with one attached hydrogen (secondary N) is 1. The number of rotatable bonds is 7. The SMILES string of the molecule is N#CCOc1ccc(CNc2cnn(CC(N)=O)c2)cc1. The van der Waals surface area contributed by atoms with Crippen molar-refractivity contribution >= 4 is 11.6 Å². The number of primary amides is 1. The highest BCUT2D eigenvalue weighted by Crippen LogP contribution is 2.13. The van der Waals surface area contributed by atoms with Gasteiger partial charge in [-0.15, -0.1) is 0 Å². The molecule has 0 unspecified atom stereocenters. The number of nitrogens with two attached hydrogens (primary N) is 1. The second-order valence-corrected chi connectivity index (χ2v) is 4.34. The van der Waals surface area contributed by atoms with E-state index in [2.05, 4.69) is 10.4 Å². The summed E-state index contributed by atoms with van der Waals surface area (Å²) in [6, 6.07) is 9.36. The highest BCUT2D eigenvalue weighted by molar-refractivity contribution is 5.73. The molecule has 7 nitrogen and oxygen atoms in total. The molecular formula is C14H15N5O2. The van der Waals surface area contributed by atoms with Crippen LogP contribution in [-0.4, -0.2) is 22.3 Å². The first-order valence-electron chi connectivity index (χ1n) is 6.30. The van der Waals surface area contributed by atoms with Gasteiger partial charge < -0.3 is 15.8 Å². The smallest absolute Gasteiger partial charge is 0.239 e. The zero-order chi connectivity index (χ0) is 15.1. The first-order valence-corrected chi connectivity index (χ1v) is 6.30. The van der Waals surface area contributed by atoms with Crippen LogP contribution >= 0.6 is 0 Å². The molecule has 0 aliphatic carbocycles. The fraction of sp³-hybridized carbons (Fsp3) is 0.214. The largest absolute Gasteiger partial charge is 0.479 e. The van der Waals surface area contributed by atoms with Crippen molar-refractivity contribution < 1.29 is 9.53 Å². The van der Waals surface area contributed by atoms with Gasteiger partial charge in [-0.2, -0.15) is 10.4 Å². The monoisotopic (exact) mass is 285 g/mol. The highest BCUT2D eigenvalue weighted by Gasteiger charge is 2.01. The number of ether oxygens (including phenoxy) is 1. The van der Waals surface area contributed by atoms with Crippen LogP contribution in [0.5, 0.6) is 5.75 Å². The second-order valence-electron chi connectivity index (χ2n) is 4.34. The highest BCUT2D eigenvalue weighted by atomic mass is 16.5. The van der Waals surface area contributed by atoms with Crippen LogP contribution in [0.4, 0.5) is 5.69 Å². The van der Waals surface area contributed by atoms with E-state index >= 15 is 0 Å². The Morgan fingerprint density at radius 1 is 1.43 bits per heavy atom. The summed E-state index contributed by atoms with van der Waals surface area (Å²) < 4.78 is 6.65. The van der Waals surface area contributed by atoms with Gasteiger partial charge in [-0.3, -0.25) is 9.48 Å². The molecule has 21 heavy (non-hydrogen) atoms. The molecule has 0 fully saturated rings. The number of benzene rings is 1. The zero-order valence-corrected chi connectivity index (χ0v) is 11.3. The van der Waals surface area contributed by atoms with Crippen LogP contribution in [0.3, 0.4) is 0 Å². The lowest BCUT2D eigenvalue weighted by Crippen LogP contribution is -2.18. The molecule has 0 bridgehead atoms. The molecule has 7 heteroatoms. The quantitative estimate of drug-likeness (QED) is 0.785. The third-order valence-corrected chi connectivity index (χ3v) is 2.67. The maximum Gasteiger partial charge on any atom is 0.239 e. The molecule has 2 aromatic rings. The Morgan fingerprint density at radius 2 is 2.19 bits per heavy atom. The van der Waals surface area contributed by atoms with Gasteiger partial charge in [0, 0.05) is 12.7 Å². The van der Waals surface area contributed by atoms with E-state index in [4.69, 9.17) is 15.7 Å². The minimum Gasteiger partial charge on any atom is -0.479 e. The Bertz CT molecular complexity index is 642. The third kappa shape index (κ3) is 4.54. The predicted molar refractivity (Wildman–Crippen MR) is 76.3 cm³/mol. The molecular weight excluding hydrogens is 270 g/mol. The Kier molecular flexibility index (Phi) is 4.77. The molecule has 0 spiro atoms. The van der Waals surface area contributed by atoms with Crippen LogP contribution in [-0.2, 0) is 17.9 Å². The summed E-state index contributed by atoms with van der Waals surface area (Å²) in [5.41, 5.74) is 6.96. The maximum atomic E-state index is 10.8. The van der Waals surface area contributed by atoms with E-state index in [-0.39, 0.29) is 13.2 Å². The number of carbonyl (C=O) groups excluding carboxylic acids is 1. The lowest BCUT2D eigenvalue weighted by Gasteiger charge is -2.05. The number of nitriles is 1. The van der Waals surface area contributed by atoms with Crippen LogP contribution < -0.4 is 15.8 Å². The molecule has 0 aliphatic rings. The molecule has 3 N–H and O–H groups in total. The van der Waals surface area contributed by atoms with Gasteiger partial charge in [0.05, 0.1) is 11.9 Å². The van der Waals surface area contributed by atoms with Crippen molar-refractivity contribution in [1.29, 1.82) is 5.26 Å². The number of hydrogen-bond donors (Lipinski definition) is 2. The number of anilines is 1. The van der Waals surface area contributed by atoms with Crippen molar-refractivity contribution in [3.63, 3.8) is 0 Å². The average Bonchev–Trinajstić information content (AvgIpc) is 2.91. The van der Waals surface area contributed by atoms with Gasteiger partial charge in [0.1, 0.15) is 18.4 Å². The van der Waals surface area contributed by atoms with Crippen LogP contribution in [0.1, 0.15) is 5.56 Å². The number of aromatic nitrogens is 2.